The number of H-pyrrole nitrogens is 1. The highest BCUT2D eigenvalue weighted by Crippen LogP contribution is 2.30. The normalized spacial score (nSPS) is 12.0. The summed E-state index contributed by atoms with van der Waals surface area (Å²) in [6.07, 6.45) is 1.96. The lowest BCUT2D eigenvalue weighted by atomic mass is 10.1. The van der Waals surface area contributed by atoms with Crippen molar-refractivity contribution in [1.82, 2.24) is 14.5 Å². The second kappa shape index (κ2) is 6.44. The molecule has 0 spiro atoms. The number of nitriles is 1. The van der Waals surface area contributed by atoms with Crippen molar-refractivity contribution in [2.24, 2.45) is 0 Å². The van der Waals surface area contributed by atoms with E-state index in [1.807, 2.05) is 12.1 Å². The highest BCUT2D eigenvalue weighted by Gasteiger charge is 2.14. The van der Waals surface area contributed by atoms with Crippen LogP contribution in [0.1, 0.15) is 35.1 Å². The molecule has 4 heteroatoms. The number of aromatic amines is 1. The van der Waals surface area contributed by atoms with Gasteiger partial charge in [0.25, 0.3) is 0 Å². The van der Waals surface area contributed by atoms with Crippen molar-refractivity contribution in [3.05, 3.63) is 64.6 Å². The van der Waals surface area contributed by atoms with Crippen molar-refractivity contribution in [3.8, 4) is 6.07 Å². The van der Waals surface area contributed by atoms with Gasteiger partial charge in [0.2, 0.25) is 0 Å². The quantitative estimate of drug-likeness (QED) is 0.492. The average Bonchev–Trinajstić information content (AvgIpc) is 3.18. The molecule has 0 aliphatic heterocycles. The third-order valence-electron chi connectivity index (χ3n) is 5.36. The molecule has 1 N–H and O–H groups in total. The summed E-state index contributed by atoms with van der Waals surface area (Å²) in [5, 5.41) is 11.0. The molecular weight excluding hydrogens is 332 g/mol. The lowest BCUT2D eigenvalue weighted by Gasteiger charge is -2.03. The van der Waals surface area contributed by atoms with Crippen molar-refractivity contribution in [3.63, 3.8) is 0 Å². The van der Waals surface area contributed by atoms with Gasteiger partial charge >= 0.3 is 0 Å². The van der Waals surface area contributed by atoms with Crippen molar-refractivity contribution in [1.29, 1.82) is 5.26 Å². The molecule has 27 heavy (non-hydrogen) atoms. The van der Waals surface area contributed by atoms with E-state index in [9.17, 15) is 5.26 Å². The summed E-state index contributed by atoms with van der Waals surface area (Å²) in [7, 11) is 0. The number of nitrogens with one attached hydrogen (secondary N) is 1. The summed E-state index contributed by atoms with van der Waals surface area (Å²) in [5.74, 6) is 0.616. The van der Waals surface area contributed by atoms with E-state index >= 15 is 0 Å². The highest BCUT2D eigenvalue weighted by atomic mass is 15.0. The van der Waals surface area contributed by atoms with Gasteiger partial charge in [-0.3, -0.25) is 0 Å². The molecule has 0 bridgehead atoms. The molecule has 4 nitrogen and oxygen atoms in total. The minimum atomic E-state index is 0.545. The summed E-state index contributed by atoms with van der Waals surface area (Å²) in [6, 6.07) is 14.8. The van der Waals surface area contributed by atoms with Crippen LogP contribution >= 0.6 is 0 Å². The third kappa shape index (κ3) is 2.72. The summed E-state index contributed by atoms with van der Waals surface area (Å²) in [5.41, 5.74) is 8.24. The van der Waals surface area contributed by atoms with Gasteiger partial charge in [-0.1, -0.05) is 18.2 Å². The molecule has 0 saturated carbocycles. The van der Waals surface area contributed by atoms with Crippen LogP contribution in [0.25, 0.3) is 33.6 Å². The summed E-state index contributed by atoms with van der Waals surface area (Å²) >= 11 is 0. The molecule has 0 atom stereocenters. The van der Waals surface area contributed by atoms with Crippen LogP contribution in [-0.4, -0.2) is 14.5 Å². The Morgan fingerprint density at radius 1 is 1.19 bits per heavy atom. The Labute approximate surface area is 158 Å². The van der Waals surface area contributed by atoms with Gasteiger partial charge in [0, 0.05) is 28.7 Å². The standard InChI is InChI=1S/C23H22N4/c1-5-27-16(4)19(18-8-6-7-9-22(18)27)12-17(13-24)23-25-20-10-14(2)15(3)11-21(20)26-23/h6-12H,5H2,1-4H3,(H,25,26)/b17-12-. The minimum Gasteiger partial charge on any atom is -0.345 e. The number of nitrogens with zero attached hydrogens (tertiary/aromatic N) is 3. The molecule has 0 amide bonds. The van der Waals surface area contributed by atoms with Crippen LogP contribution in [0.3, 0.4) is 0 Å². The zero-order valence-corrected chi connectivity index (χ0v) is 16.1. The van der Waals surface area contributed by atoms with Crippen LogP contribution in [0.4, 0.5) is 0 Å². The molecule has 0 radical (unpaired) electrons. The van der Waals surface area contributed by atoms with E-state index in [0.717, 1.165) is 34.2 Å². The lowest BCUT2D eigenvalue weighted by Crippen LogP contribution is -1.96. The molecular formula is C23H22N4. The zero-order chi connectivity index (χ0) is 19.1. The van der Waals surface area contributed by atoms with Crippen LogP contribution in [0, 0.1) is 32.1 Å². The molecule has 0 saturated heterocycles. The number of fused-ring (bicyclic) bond motifs is 2. The van der Waals surface area contributed by atoms with E-state index in [1.54, 1.807) is 0 Å². The molecule has 2 aromatic carbocycles. The largest absolute Gasteiger partial charge is 0.345 e. The lowest BCUT2D eigenvalue weighted by molar-refractivity contribution is 0.769. The van der Waals surface area contributed by atoms with E-state index in [4.69, 9.17) is 0 Å². The summed E-state index contributed by atoms with van der Waals surface area (Å²) in [6.45, 7) is 9.30. The van der Waals surface area contributed by atoms with E-state index < -0.39 is 0 Å². The Morgan fingerprint density at radius 2 is 1.93 bits per heavy atom. The molecule has 134 valence electrons. The molecule has 4 aromatic rings. The molecule has 0 aliphatic rings. The molecule has 2 heterocycles. The highest BCUT2D eigenvalue weighted by molar-refractivity contribution is 5.99. The number of benzene rings is 2. The molecule has 0 fully saturated rings. The molecule has 4 rings (SSSR count). The first-order chi connectivity index (χ1) is 13.0. The van der Waals surface area contributed by atoms with Crippen molar-refractivity contribution in [2.45, 2.75) is 34.2 Å². The predicted octanol–water partition coefficient (Wildman–Crippen LogP) is 5.53. The Bertz CT molecular complexity index is 1210. The maximum Gasteiger partial charge on any atom is 0.149 e. The van der Waals surface area contributed by atoms with Crippen LogP contribution in [0.5, 0.6) is 0 Å². The Hall–Kier alpha value is -3.32. The molecule has 2 aromatic heterocycles. The topological polar surface area (TPSA) is 57.4 Å². The number of allylic oxidation sites excluding steroid dienone is 1. The number of aryl methyl sites for hydroxylation is 3. The van der Waals surface area contributed by atoms with Gasteiger partial charge in [0.1, 0.15) is 11.9 Å². The van der Waals surface area contributed by atoms with Crippen molar-refractivity contribution >= 4 is 33.6 Å². The first-order valence-corrected chi connectivity index (χ1v) is 9.20. The van der Waals surface area contributed by atoms with Gasteiger partial charge in [-0.2, -0.15) is 5.26 Å². The Kier molecular flexibility index (Phi) is 4.08. The summed E-state index contributed by atoms with van der Waals surface area (Å²) in [4.78, 5) is 7.98. The first-order valence-electron chi connectivity index (χ1n) is 9.20. The maximum atomic E-state index is 9.82. The van der Waals surface area contributed by atoms with Gasteiger partial charge in [0.05, 0.1) is 16.6 Å². The number of rotatable bonds is 3. The van der Waals surface area contributed by atoms with Crippen LogP contribution in [0.15, 0.2) is 36.4 Å². The van der Waals surface area contributed by atoms with E-state index in [0.29, 0.717) is 11.4 Å². The average molecular weight is 354 g/mol. The second-order valence-electron chi connectivity index (χ2n) is 6.97. The van der Waals surface area contributed by atoms with E-state index in [1.165, 1.54) is 16.6 Å². The van der Waals surface area contributed by atoms with Crippen LogP contribution < -0.4 is 0 Å². The first kappa shape index (κ1) is 17.1. The monoisotopic (exact) mass is 354 g/mol. The van der Waals surface area contributed by atoms with Gasteiger partial charge in [-0.15, -0.1) is 0 Å². The number of para-hydroxylation sites is 1. The molecule has 0 aliphatic carbocycles. The second-order valence-corrected chi connectivity index (χ2v) is 6.97. The summed E-state index contributed by atoms with van der Waals surface area (Å²) < 4.78 is 2.28. The van der Waals surface area contributed by atoms with E-state index in [2.05, 4.69) is 78.6 Å². The van der Waals surface area contributed by atoms with Gasteiger partial charge in [-0.25, -0.2) is 4.98 Å². The fourth-order valence-corrected chi connectivity index (χ4v) is 3.74. The number of aromatic nitrogens is 3. The number of hydrogen-bond acceptors (Lipinski definition) is 2. The zero-order valence-electron chi connectivity index (χ0n) is 16.1. The van der Waals surface area contributed by atoms with Crippen molar-refractivity contribution < 1.29 is 0 Å². The van der Waals surface area contributed by atoms with Gasteiger partial charge in [-0.05, 0) is 63.1 Å². The van der Waals surface area contributed by atoms with Crippen LogP contribution in [0.2, 0.25) is 0 Å². The SMILES string of the molecule is CCn1c(C)c(/C=C(/C#N)c2nc3cc(C)c(C)cc3[nH]2)c2ccccc21. The van der Waals surface area contributed by atoms with Gasteiger partial charge in [0.15, 0.2) is 0 Å². The number of imidazole rings is 1. The van der Waals surface area contributed by atoms with E-state index in [-0.39, 0.29) is 0 Å². The third-order valence-corrected chi connectivity index (χ3v) is 5.36. The fraction of sp³-hybridized carbons (Fsp3) is 0.217. The fourth-order valence-electron chi connectivity index (χ4n) is 3.74. The number of hydrogen-bond donors (Lipinski definition) is 1. The Morgan fingerprint density at radius 3 is 2.67 bits per heavy atom. The molecule has 0 unspecified atom stereocenters. The van der Waals surface area contributed by atoms with Gasteiger partial charge < -0.3 is 9.55 Å². The smallest absolute Gasteiger partial charge is 0.149 e. The minimum absolute atomic E-state index is 0.545. The maximum absolute atomic E-state index is 9.82. The van der Waals surface area contributed by atoms with Crippen molar-refractivity contribution in [2.75, 3.05) is 0 Å². The van der Waals surface area contributed by atoms with Crippen LogP contribution in [-0.2, 0) is 6.54 Å². The predicted molar refractivity (Wildman–Crippen MR) is 111 cm³/mol. The Balaban J connectivity index is 1.92.